The molecule has 0 aliphatic carbocycles. The summed E-state index contributed by atoms with van der Waals surface area (Å²) in [7, 11) is 0. The molecular formula is C12H15. The van der Waals surface area contributed by atoms with Gasteiger partial charge in [0.1, 0.15) is 0 Å². The standard InChI is InChI=1S/C12H15/c1-4-5-11-6-8-12(9-7-11)10(2)3/h4-10H,1H2,2-3H3. The molecule has 0 saturated heterocycles. The minimum Gasteiger partial charge on any atom is -0.0836 e. The van der Waals surface area contributed by atoms with Crippen molar-refractivity contribution in [1.29, 1.82) is 0 Å². The highest BCUT2D eigenvalue weighted by molar-refractivity contribution is 5.50. The zero-order valence-electron chi connectivity index (χ0n) is 7.75. The predicted molar refractivity (Wildman–Crippen MR) is 54.9 cm³/mol. The summed E-state index contributed by atoms with van der Waals surface area (Å²) >= 11 is 0. The molecule has 0 spiro atoms. The molecule has 0 aromatic heterocycles. The van der Waals surface area contributed by atoms with E-state index in [1.807, 2.05) is 12.2 Å². The molecule has 0 heteroatoms. The van der Waals surface area contributed by atoms with E-state index in [1.54, 1.807) is 0 Å². The van der Waals surface area contributed by atoms with Crippen LogP contribution in [0.1, 0.15) is 30.9 Å². The second-order valence-electron chi connectivity index (χ2n) is 3.22. The third-order valence-corrected chi connectivity index (χ3v) is 1.91. The molecule has 12 heavy (non-hydrogen) atoms. The molecule has 0 N–H and O–H groups in total. The first-order valence-electron chi connectivity index (χ1n) is 4.29. The zero-order chi connectivity index (χ0) is 8.97. The minimum absolute atomic E-state index is 0.614. The van der Waals surface area contributed by atoms with E-state index in [9.17, 15) is 0 Å². The van der Waals surface area contributed by atoms with Gasteiger partial charge in [0.15, 0.2) is 0 Å². The Balaban J connectivity index is 2.85. The van der Waals surface area contributed by atoms with E-state index in [0.717, 1.165) is 0 Å². The summed E-state index contributed by atoms with van der Waals surface area (Å²) < 4.78 is 0. The first-order chi connectivity index (χ1) is 5.74. The van der Waals surface area contributed by atoms with Gasteiger partial charge in [0.25, 0.3) is 0 Å². The van der Waals surface area contributed by atoms with Crippen molar-refractivity contribution in [1.82, 2.24) is 0 Å². The van der Waals surface area contributed by atoms with Gasteiger partial charge in [0.05, 0.1) is 0 Å². The van der Waals surface area contributed by atoms with Crippen LogP contribution in [0.4, 0.5) is 0 Å². The summed E-state index contributed by atoms with van der Waals surface area (Å²) in [6.45, 7) is 8.06. The van der Waals surface area contributed by atoms with Gasteiger partial charge in [0, 0.05) is 0 Å². The molecule has 63 valence electrons. The quantitative estimate of drug-likeness (QED) is 0.617. The Morgan fingerprint density at radius 1 is 1.17 bits per heavy atom. The molecule has 0 saturated carbocycles. The van der Waals surface area contributed by atoms with E-state index in [-0.39, 0.29) is 0 Å². The van der Waals surface area contributed by atoms with Gasteiger partial charge in [-0.15, -0.1) is 0 Å². The number of rotatable bonds is 2. The molecule has 0 fully saturated rings. The maximum atomic E-state index is 3.66. The van der Waals surface area contributed by atoms with Crippen molar-refractivity contribution < 1.29 is 0 Å². The maximum Gasteiger partial charge on any atom is -0.0219 e. The van der Waals surface area contributed by atoms with Gasteiger partial charge in [-0.1, -0.05) is 50.3 Å². The van der Waals surface area contributed by atoms with E-state index in [2.05, 4.69) is 45.0 Å². The summed E-state index contributed by atoms with van der Waals surface area (Å²) in [5, 5.41) is 0. The summed E-state index contributed by atoms with van der Waals surface area (Å²) in [6, 6.07) is 8.58. The highest BCUT2D eigenvalue weighted by atomic mass is 14.0. The first-order valence-corrected chi connectivity index (χ1v) is 4.29. The zero-order valence-corrected chi connectivity index (χ0v) is 7.75. The topological polar surface area (TPSA) is 0 Å². The molecule has 0 amide bonds. The summed E-state index contributed by atoms with van der Waals surface area (Å²) in [5.41, 5.74) is 2.60. The summed E-state index contributed by atoms with van der Waals surface area (Å²) in [4.78, 5) is 0. The summed E-state index contributed by atoms with van der Waals surface area (Å²) in [5.74, 6) is 0.614. The molecule has 1 aromatic rings. The lowest BCUT2D eigenvalue weighted by molar-refractivity contribution is 0.866. The Labute approximate surface area is 74.9 Å². The van der Waals surface area contributed by atoms with E-state index in [1.165, 1.54) is 11.1 Å². The van der Waals surface area contributed by atoms with Crippen LogP contribution in [0.5, 0.6) is 0 Å². The Hall–Kier alpha value is -1.04. The average molecular weight is 159 g/mol. The van der Waals surface area contributed by atoms with Crippen LogP contribution in [0.15, 0.2) is 30.3 Å². The van der Waals surface area contributed by atoms with Gasteiger partial charge in [0.2, 0.25) is 0 Å². The van der Waals surface area contributed by atoms with Crippen LogP contribution in [0.3, 0.4) is 0 Å². The van der Waals surface area contributed by atoms with Crippen molar-refractivity contribution in [2.24, 2.45) is 0 Å². The molecule has 0 unspecified atom stereocenters. The van der Waals surface area contributed by atoms with Gasteiger partial charge < -0.3 is 0 Å². The molecule has 0 aliphatic heterocycles. The van der Waals surface area contributed by atoms with E-state index in [4.69, 9.17) is 0 Å². The Morgan fingerprint density at radius 2 is 1.75 bits per heavy atom. The fourth-order valence-electron chi connectivity index (χ4n) is 1.13. The SMILES string of the molecule is [CH2]C=Cc1ccc(C(C)C)cc1. The van der Waals surface area contributed by atoms with Gasteiger partial charge >= 0.3 is 0 Å². The van der Waals surface area contributed by atoms with Crippen LogP contribution in [0, 0.1) is 6.92 Å². The second-order valence-corrected chi connectivity index (χ2v) is 3.22. The molecule has 0 nitrogen and oxygen atoms in total. The van der Waals surface area contributed by atoms with Gasteiger partial charge in [-0.3, -0.25) is 0 Å². The third-order valence-electron chi connectivity index (χ3n) is 1.91. The molecule has 1 rings (SSSR count). The van der Waals surface area contributed by atoms with Gasteiger partial charge in [-0.2, -0.15) is 0 Å². The fourth-order valence-corrected chi connectivity index (χ4v) is 1.13. The van der Waals surface area contributed by atoms with E-state index >= 15 is 0 Å². The van der Waals surface area contributed by atoms with Gasteiger partial charge in [-0.05, 0) is 24.0 Å². The molecule has 0 aliphatic rings. The highest BCUT2D eigenvalue weighted by Gasteiger charge is 1.96. The molecule has 0 bridgehead atoms. The third kappa shape index (κ3) is 2.23. The molecule has 0 heterocycles. The number of hydrogen-bond donors (Lipinski definition) is 0. The van der Waals surface area contributed by atoms with Crippen molar-refractivity contribution >= 4 is 6.08 Å². The molecule has 0 atom stereocenters. The fraction of sp³-hybridized carbons (Fsp3) is 0.250. The number of hydrogen-bond acceptors (Lipinski definition) is 0. The van der Waals surface area contributed by atoms with E-state index in [0.29, 0.717) is 5.92 Å². The Bertz CT molecular complexity index is 252. The van der Waals surface area contributed by atoms with Crippen LogP contribution in [-0.4, -0.2) is 0 Å². The van der Waals surface area contributed by atoms with Crippen LogP contribution in [0.2, 0.25) is 0 Å². The smallest absolute Gasteiger partial charge is 0.0219 e. The first kappa shape index (κ1) is 9.05. The molecular weight excluding hydrogens is 144 g/mol. The van der Waals surface area contributed by atoms with Crippen LogP contribution in [-0.2, 0) is 0 Å². The largest absolute Gasteiger partial charge is 0.0836 e. The van der Waals surface area contributed by atoms with Crippen molar-refractivity contribution in [3.05, 3.63) is 48.4 Å². The Kier molecular flexibility index (Phi) is 3.09. The lowest BCUT2D eigenvalue weighted by Gasteiger charge is -2.04. The summed E-state index contributed by atoms with van der Waals surface area (Å²) in [6.07, 6.45) is 3.81. The van der Waals surface area contributed by atoms with E-state index < -0.39 is 0 Å². The van der Waals surface area contributed by atoms with Crippen molar-refractivity contribution in [2.45, 2.75) is 19.8 Å². The van der Waals surface area contributed by atoms with Gasteiger partial charge in [-0.25, -0.2) is 0 Å². The van der Waals surface area contributed by atoms with Crippen LogP contribution in [0.25, 0.3) is 6.08 Å². The highest BCUT2D eigenvalue weighted by Crippen LogP contribution is 2.14. The number of allylic oxidation sites excluding steroid dienone is 1. The normalized spacial score (nSPS) is 11.3. The van der Waals surface area contributed by atoms with Crippen molar-refractivity contribution in [2.75, 3.05) is 0 Å². The number of benzene rings is 1. The lowest BCUT2D eigenvalue weighted by atomic mass is 10.0. The monoisotopic (exact) mass is 159 g/mol. The lowest BCUT2D eigenvalue weighted by Crippen LogP contribution is -1.85. The predicted octanol–water partition coefficient (Wildman–Crippen LogP) is 3.66. The van der Waals surface area contributed by atoms with Crippen LogP contribution >= 0.6 is 0 Å². The Morgan fingerprint density at radius 3 is 2.17 bits per heavy atom. The van der Waals surface area contributed by atoms with Crippen molar-refractivity contribution in [3.8, 4) is 0 Å². The molecule has 1 radical (unpaired) electrons. The van der Waals surface area contributed by atoms with Crippen molar-refractivity contribution in [3.63, 3.8) is 0 Å². The average Bonchev–Trinajstić information content (AvgIpc) is 2.06. The minimum atomic E-state index is 0.614. The van der Waals surface area contributed by atoms with Crippen LogP contribution < -0.4 is 0 Å². The molecule has 1 aromatic carbocycles. The maximum absolute atomic E-state index is 3.66. The second kappa shape index (κ2) is 4.10.